The molecular weight excluding hydrogens is 298 g/mol. The quantitative estimate of drug-likeness (QED) is 0.574. The van der Waals surface area contributed by atoms with Crippen LogP contribution in [0.15, 0.2) is 40.7 Å². The van der Waals surface area contributed by atoms with Gasteiger partial charge < -0.3 is 5.73 Å². The van der Waals surface area contributed by atoms with Crippen LogP contribution in [0.25, 0.3) is 10.2 Å². The minimum atomic E-state index is -0.431. The van der Waals surface area contributed by atoms with Crippen LogP contribution in [0.5, 0.6) is 0 Å². The number of hydrogen-bond acceptors (Lipinski definition) is 4. The van der Waals surface area contributed by atoms with Gasteiger partial charge in [-0.3, -0.25) is 0 Å². The van der Waals surface area contributed by atoms with Crippen LogP contribution in [0.4, 0.5) is 14.5 Å². The molecule has 1 aromatic heterocycles. The summed E-state index contributed by atoms with van der Waals surface area (Å²) in [7, 11) is 0. The molecule has 3 rings (SSSR count). The van der Waals surface area contributed by atoms with E-state index in [1.165, 1.54) is 29.2 Å². The van der Waals surface area contributed by atoms with E-state index < -0.39 is 11.6 Å². The fraction of sp³-hybridized carbons (Fsp3) is 0.0714. The second-order valence-electron chi connectivity index (χ2n) is 4.23. The van der Waals surface area contributed by atoms with Gasteiger partial charge in [-0.05, 0) is 36.4 Å². The number of nitrogen functional groups attached to an aromatic ring is 1. The molecule has 0 bridgehead atoms. The maximum Gasteiger partial charge on any atom is 0.151 e. The normalized spacial score (nSPS) is 11.1. The number of rotatable bonds is 3. The number of nitrogens with zero attached hydrogens (tertiary/aromatic N) is 1. The Hall–Kier alpha value is -1.66. The van der Waals surface area contributed by atoms with Crippen molar-refractivity contribution in [2.45, 2.75) is 10.1 Å². The third-order valence-corrected chi connectivity index (χ3v) is 4.96. The minimum Gasteiger partial charge on any atom is -0.399 e. The van der Waals surface area contributed by atoms with Gasteiger partial charge in [0.25, 0.3) is 0 Å². The average Bonchev–Trinajstić information content (AvgIpc) is 2.81. The Morgan fingerprint density at radius 2 is 2.00 bits per heavy atom. The summed E-state index contributed by atoms with van der Waals surface area (Å²) in [6.45, 7) is 0. The van der Waals surface area contributed by atoms with Crippen LogP contribution in [0.3, 0.4) is 0 Å². The van der Waals surface area contributed by atoms with Gasteiger partial charge in [-0.2, -0.15) is 0 Å². The molecule has 0 atom stereocenters. The number of thiazole rings is 1. The molecule has 20 heavy (non-hydrogen) atoms. The molecule has 2 aromatic carbocycles. The van der Waals surface area contributed by atoms with Gasteiger partial charge in [-0.25, -0.2) is 13.8 Å². The van der Waals surface area contributed by atoms with Crippen LogP contribution in [-0.4, -0.2) is 4.98 Å². The second kappa shape index (κ2) is 5.38. The zero-order valence-corrected chi connectivity index (χ0v) is 11.9. The molecule has 6 heteroatoms. The van der Waals surface area contributed by atoms with E-state index in [1.807, 2.05) is 12.1 Å². The molecule has 0 unspecified atom stereocenters. The van der Waals surface area contributed by atoms with Crippen LogP contribution in [0.2, 0.25) is 0 Å². The van der Waals surface area contributed by atoms with Crippen molar-refractivity contribution < 1.29 is 8.78 Å². The first-order chi connectivity index (χ1) is 9.61. The van der Waals surface area contributed by atoms with Crippen LogP contribution in [-0.2, 0) is 5.75 Å². The average molecular weight is 308 g/mol. The summed E-state index contributed by atoms with van der Waals surface area (Å²) in [6.07, 6.45) is 0. The molecule has 102 valence electrons. The lowest BCUT2D eigenvalue weighted by molar-refractivity contribution is 0.591. The van der Waals surface area contributed by atoms with Crippen molar-refractivity contribution in [3.05, 3.63) is 53.6 Å². The van der Waals surface area contributed by atoms with Crippen molar-refractivity contribution >= 4 is 39.0 Å². The first kappa shape index (κ1) is 13.3. The highest BCUT2D eigenvalue weighted by Crippen LogP contribution is 2.32. The number of halogens is 2. The fourth-order valence-corrected chi connectivity index (χ4v) is 3.87. The van der Waals surface area contributed by atoms with Crippen LogP contribution < -0.4 is 5.73 Å². The SMILES string of the molecule is Nc1ccc2nc(SCc3cc(F)ccc3F)sc2c1. The Morgan fingerprint density at radius 1 is 1.15 bits per heavy atom. The minimum absolute atomic E-state index is 0.341. The van der Waals surface area contributed by atoms with Crippen molar-refractivity contribution in [3.63, 3.8) is 0 Å². The Balaban J connectivity index is 1.81. The van der Waals surface area contributed by atoms with E-state index in [0.717, 1.165) is 26.7 Å². The fourth-order valence-electron chi connectivity index (χ4n) is 1.78. The number of benzene rings is 2. The topological polar surface area (TPSA) is 38.9 Å². The zero-order valence-electron chi connectivity index (χ0n) is 10.3. The van der Waals surface area contributed by atoms with Crippen molar-refractivity contribution in [2.24, 2.45) is 0 Å². The summed E-state index contributed by atoms with van der Waals surface area (Å²) in [6, 6.07) is 8.98. The molecular formula is C14H10F2N2S2. The predicted molar refractivity (Wildman–Crippen MR) is 80.0 cm³/mol. The van der Waals surface area contributed by atoms with Gasteiger partial charge in [0.2, 0.25) is 0 Å². The summed E-state index contributed by atoms with van der Waals surface area (Å²) in [5, 5.41) is 0. The molecule has 3 aromatic rings. The molecule has 0 saturated carbocycles. The summed E-state index contributed by atoms with van der Waals surface area (Å²) < 4.78 is 28.4. The van der Waals surface area contributed by atoms with E-state index in [4.69, 9.17) is 5.73 Å². The Morgan fingerprint density at radius 3 is 2.85 bits per heavy atom. The first-order valence-electron chi connectivity index (χ1n) is 5.84. The number of nitrogens with two attached hydrogens (primary N) is 1. The molecule has 0 fully saturated rings. The van der Waals surface area contributed by atoms with Crippen LogP contribution in [0.1, 0.15) is 5.56 Å². The zero-order chi connectivity index (χ0) is 14.1. The predicted octanol–water partition coefficient (Wildman–Crippen LogP) is 4.45. The summed E-state index contributed by atoms with van der Waals surface area (Å²) in [5.41, 5.74) is 7.61. The molecule has 0 aliphatic rings. The van der Waals surface area contributed by atoms with Crippen molar-refractivity contribution in [2.75, 3.05) is 5.73 Å². The van der Waals surface area contributed by atoms with Crippen molar-refractivity contribution in [1.29, 1.82) is 0 Å². The van der Waals surface area contributed by atoms with Gasteiger partial charge in [0.1, 0.15) is 11.6 Å². The van der Waals surface area contributed by atoms with Crippen LogP contribution in [0, 0.1) is 11.6 Å². The number of hydrogen-bond donors (Lipinski definition) is 1. The molecule has 0 aliphatic heterocycles. The number of fused-ring (bicyclic) bond motifs is 1. The molecule has 0 aliphatic carbocycles. The van der Waals surface area contributed by atoms with Crippen LogP contribution >= 0.6 is 23.1 Å². The van der Waals surface area contributed by atoms with Gasteiger partial charge in [0, 0.05) is 17.0 Å². The molecule has 1 heterocycles. The highest BCUT2D eigenvalue weighted by molar-refractivity contribution is 8.00. The Labute approximate surface area is 122 Å². The molecule has 0 amide bonds. The second-order valence-corrected chi connectivity index (χ2v) is 6.48. The summed E-state index contributed by atoms with van der Waals surface area (Å²) in [5.74, 6) is -0.484. The summed E-state index contributed by atoms with van der Waals surface area (Å²) >= 11 is 2.88. The van der Waals surface area contributed by atoms with E-state index in [1.54, 1.807) is 6.07 Å². The van der Waals surface area contributed by atoms with Gasteiger partial charge in [0.05, 0.1) is 10.2 Å². The lowest BCUT2D eigenvalue weighted by Crippen LogP contribution is -1.89. The Kier molecular flexibility index (Phi) is 3.58. The molecule has 0 radical (unpaired) electrons. The smallest absolute Gasteiger partial charge is 0.151 e. The largest absolute Gasteiger partial charge is 0.399 e. The lowest BCUT2D eigenvalue weighted by Gasteiger charge is -2.01. The molecule has 0 spiro atoms. The van der Waals surface area contributed by atoms with Crippen molar-refractivity contribution in [1.82, 2.24) is 4.98 Å². The maximum atomic E-state index is 13.5. The van der Waals surface area contributed by atoms with E-state index in [9.17, 15) is 8.78 Å². The van der Waals surface area contributed by atoms with E-state index in [-0.39, 0.29) is 0 Å². The molecule has 2 nitrogen and oxygen atoms in total. The number of thioether (sulfide) groups is 1. The highest BCUT2D eigenvalue weighted by Gasteiger charge is 2.08. The lowest BCUT2D eigenvalue weighted by atomic mass is 10.2. The van der Waals surface area contributed by atoms with E-state index >= 15 is 0 Å². The molecule has 0 saturated heterocycles. The summed E-state index contributed by atoms with van der Waals surface area (Å²) in [4.78, 5) is 4.43. The third-order valence-electron chi connectivity index (χ3n) is 2.75. The monoisotopic (exact) mass is 308 g/mol. The first-order valence-corrected chi connectivity index (χ1v) is 7.65. The standard InChI is InChI=1S/C14H10F2N2S2/c15-9-1-3-11(16)8(5-9)7-19-14-18-12-4-2-10(17)6-13(12)20-14/h1-6H,7,17H2. The maximum absolute atomic E-state index is 13.5. The number of anilines is 1. The van der Waals surface area contributed by atoms with E-state index in [2.05, 4.69) is 4.98 Å². The van der Waals surface area contributed by atoms with Gasteiger partial charge in [-0.15, -0.1) is 11.3 Å². The number of aromatic nitrogens is 1. The van der Waals surface area contributed by atoms with Crippen molar-refractivity contribution in [3.8, 4) is 0 Å². The third kappa shape index (κ3) is 2.76. The Bertz CT molecular complexity index is 771. The van der Waals surface area contributed by atoms with Gasteiger partial charge in [-0.1, -0.05) is 11.8 Å². The molecule has 2 N–H and O–H groups in total. The van der Waals surface area contributed by atoms with Gasteiger partial charge in [0.15, 0.2) is 4.34 Å². The van der Waals surface area contributed by atoms with Gasteiger partial charge >= 0.3 is 0 Å². The highest BCUT2D eigenvalue weighted by atomic mass is 32.2. The van der Waals surface area contributed by atoms with E-state index in [0.29, 0.717) is 17.0 Å².